The van der Waals surface area contributed by atoms with E-state index in [1.54, 1.807) is 0 Å². The van der Waals surface area contributed by atoms with E-state index in [9.17, 15) is 0 Å². The molecular weight excluding hydrogens is 152 g/mol. The Morgan fingerprint density at radius 3 is 2.92 bits per heavy atom. The van der Waals surface area contributed by atoms with E-state index >= 15 is 0 Å². The Bertz CT molecular complexity index is 130. The summed E-state index contributed by atoms with van der Waals surface area (Å²) in [6.07, 6.45) is 2.61. The first-order chi connectivity index (χ1) is 5.74. The number of rotatable bonds is 4. The van der Waals surface area contributed by atoms with Gasteiger partial charge in [-0.05, 0) is 33.4 Å². The average Bonchev–Trinajstić information content (AvgIpc) is 2.47. The van der Waals surface area contributed by atoms with Crippen LogP contribution in [0.3, 0.4) is 0 Å². The lowest BCUT2D eigenvalue weighted by molar-refractivity contribution is 0.233. The first-order valence-electron chi connectivity index (χ1n) is 4.78. The number of hydrogen-bond acceptors (Lipinski definition) is 3. The quantitative estimate of drug-likeness (QED) is 0.629. The molecule has 0 spiro atoms. The summed E-state index contributed by atoms with van der Waals surface area (Å²) in [5.41, 5.74) is 0. The second-order valence-electron chi connectivity index (χ2n) is 3.77. The largest absolute Gasteiger partial charge is 0.395 e. The summed E-state index contributed by atoms with van der Waals surface area (Å²) in [4.78, 5) is 2.39. The van der Waals surface area contributed by atoms with Gasteiger partial charge in [-0.15, -0.1) is 0 Å². The molecule has 1 fully saturated rings. The highest BCUT2D eigenvalue weighted by molar-refractivity contribution is 4.79. The van der Waals surface area contributed by atoms with Crippen LogP contribution in [0.5, 0.6) is 0 Å². The fourth-order valence-electron chi connectivity index (χ4n) is 1.64. The van der Waals surface area contributed by atoms with E-state index in [0.717, 1.165) is 6.54 Å². The van der Waals surface area contributed by atoms with Crippen molar-refractivity contribution in [1.29, 1.82) is 0 Å². The lowest BCUT2D eigenvalue weighted by Crippen LogP contribution is -2.40. The van der Waals surface area contributed by atoms with Crippen LogP contribution in [0, 0.1) is 0 Å². The van der Waals surface area contributed by atoms with Gasteiger partial charge in [0.25, 0.3) is 0 Å². The average molecular weight is 172 g/mol. The lowest BCUT2D eigenvalue weighted by atomic mass is 10.2. The van der Waals surface area contributed by atoms with Crippen molar-refractivity contribution < 1.29 is 5.11 Å². The molecule has 3 heteroatoms. The predicted molar refractivity (Wildman–Crippen MR) is 50.2 cm³/mol. The normalized spacial score (nSPS) is 27.8. The minimum absolute atomic E-state index is 0.233. The van der Waals surface area contributed by atoms with Gasteiger partial charge in [0.2, 0.25) is 0 Å². The van der Waals surface area contributed by atoms with Gasteiger partial charge in [0.1, 0.15) is 0 Å². The van der Waals surface area contributed by atoms with Crippen molar-refractivity contribution in [3.05, 3.63) is 0 Å². The van der Waals surface area contributed by atoms with E-state index in [-0.39, 0.29) is 12.6 Å². The molecule has 3 nitrogen and oxygen atoms in total. The number of likely N-dealkylation sites (N-methyl/N-ethyl adjacent to an activating group) is 1. The minimum atomic E-state index is 0.233. The third-order valence-corrected chi connectivity index (χ3v) is 2.65. The maximum Gasteiger partial charge on any atom is 0.0581 e. The predicted octanol–water partition coefficient (Wildman–Crippen LogP) is 0.0510. The molecule has 0 unspecified atom stereocenters. The van der Waals surface area contributed by atoms with Gasteiger partial charge in [-0.3, -0.25) is 0 Å². The van der Waals surface area contributed by atoms with Crippen LogP contribution >= 0.6 is 0 Å². The molecule has 0 radical (unpaired) electrons. The maximum atomic E-state index is 8.80. The van der Waals surface area contributed by atoms with Crippen molar-refractivity contribution in [2.24, 2.45) is 0 Å². The van der Waals surface area contributed by atoms with E-state index in [0.29, 0.717) is 6.04 Å². The summed E-state index contributed by atoms with van der Waals surface area (Å²) in [5.74, 6) is 0. The Labute approximate surface area is 74.8 Å². The maximum absolute atomic E-state index is 8.80. The van der Waals surface area contributed by atoms with Gasteiger partial charge in [-0.2, -0.15) is 0 Å². The number of nitrogens with zero attached hydrogens (tertiary/aromatic N) is 1. The molecule has 0 aromatic heterocycles. The SMILES string of the molecule is C[C@H](CO)NC[C@@H]1CCCN1C. The van der Waals surface area contributed by atoms with Crippen molar-refractivity contribution >= 4 is 0 Å². The highest BCUT2D eigenvalue weighted by Crippen LogP contribution is 2.13. The van der Waals surface area contributed by atoms with Crippen molar-refractivity contribution in [1.82, 2.24) is 10.2 Å². The first-order valence-corrected chi connectivity index (χ1v) is 4.78. The monoisotopic (exact) mass is 172 g/mol. The summed E-state index contributed by atoms with van der Waals surface area (Å²) < 4.78 is 0. The Balaban J connectivity index is 2.13. The van der Waals surface area contributed by atoms with Crippen LogP contribution in [-0.4, -0.2) is 48.8 Å². The van der Waals surface area contributed by atoms with Crippen LogP contribution in [-0.2, 0) is 0 Å². The Kier molecular flexibility index (Phi) is 3.98. The number of aliphatic hydroxyl groups excluding tert-OH is 1. The van der Waals surface area contributed by atoms with Gasteiger partial charge in [0.05, 0.1) is 6.61 Å². The van der Waals surface area contributed by atoms with Gasteiger partial charge < -0.3 is 15.3 Å². The number of nitrogens with one attached hydrogen (secondary N) is 1. The van der Waals surface area contributed by atoms with Gasteiger partial charge in [-0.25, -0.2) is 0 Å². The Hall–Kier alpha value is -0.120. The van der Waals surface area contributed by atoms with Crippen LogP contribution in [0.1, 0.15) is 19.8 Å². The van der Waals surface area contributed by atoms with E-state index in [1.807, 2.05) is 6.92 Å². The van der Waals surface area contributed by atoms with Gasteiger partial charge in [-0.1, -0.05) is 0 Å². The third kappa shape index (κ3) is 2.73. The van der Waals surface area contributed by atoms with Crippen LogP contribution in [0.15, 0.2) is 0 Å². The fraction of sp³-hybridized carbons (Fsp3) is 1.00. The van der Waals surface area contributed by atoms with Gasteiger partial charge in [0.15, 0.2) is 0 Å². The highest BCUT2D eigenvalue weighted by atomic mass is 16.3. The Morgan fingerprint density at radius 2 is 2.42 bits per heavy atom. The van der Waals surface area contributed by atoms with Gasteiger partial charge in [0, 0.05) is 18.6 Å². The molecule has 72 valence electrons. The molecule has 0 aliphatic carbocycles. The molecule has 0 bridgehead atoms. The van der Waals surface area contributed by atoms with Crippen molar-refractivity contribution in [3.63, 3.8) is 0 Å². The summed E-state index contributed by atoms with van der Waals surface area (Å²) in [6.45, 7) is 4.48. The fourth-order valence-corrected chi connectivity index (χ4v) is 1.64. The first kappa shape index (κ1) is 9.96. The zero-order chi connectivity index (χ0) is 8.97. The van der Waals surface area contributed by atoms with Crippen molar-refractivity contribution in [3.8, 4) is 0 Å². The molecular formula is C9H20N2O. The van der Waals surface area contributed by atoms with Crippen LogP contribution in [0.2, 0.25) is 0 Å². The topological polar surface area (TPSA) is 35.5 Å². The standard InChI is InChI=1S/C9H20N2O/c1-8(7-12)10-6-9-4-3-5-11(9)2/h8-10,12H,3-7H2,1-2H3/t8-,9+/m1/s1. The van der Waals surface area contributed by atoms with E-state index < -0.39 is 0 Å². The smallest absolute Gasteiger partial charge is 0.0581 e. The van der Waals surface area contributed by atoms with Crippen LogP contribution in [0.4, 0.5) is 0 Å². The van der Waals surface area contributed by atoms with E-state index in [4.69, 9.17) is 5.11 Å². The summed E-state index contributed by atoms with van der Waals surface area (Å²) >= 11 is 0. The molecule has 2 N–H and O–H groups in total. The molecule has 0 aromatic carbocycles. The minimum Gasteiger partial charge on any atom is -0.395 e. The second kappa shape index (κ2) is 4.80. The molecule has 2 atom stereocenters. The summed E-state index contributed by atoms with van der Waals surface area (Å²) in [7, 11) is 2.17. The lowest BCUT2D eigenvalue weighted by Gasteiger charge is -2.21. The molecule has 1 rings (SSSR count). The van der Waals surface area contributed by atoms with Crippen LogP contribution in [0.25, 0.3) is 0 Å². The van der Waals surface area contributed by atoms with Gasteiger partial charge >= 0.3 is 0 Å². The van der Waals surface area contributed by atoms with Crippen molar-refractivity contribution in [2.75, 3.05) is 26.7 Å². The number of likely N-dealkylation sites (tertiary alicyclic amines) is 1. The number of hydrogen-bond donors (Lipinski definition) is 2. The van der Waals surface area contributed by atoms with E-state index in [1.165, 1.54) is 19.4 Å². The Morgan fingerprint density at radius 1 is 1.67 bits per heavy atom. The molecule has 1 aliphatic rings. The molecule has 1 saturated heterocycles. The second-order valence-corrected chi connectivity index (χ2v) is 3.77. The molecule has 1 heterocycles. The molecule has 0 aromatic rings. The van der Waals surface area contributed by atoms with Crippen LogP contribution < -0.4 is 5.32 Å². The van der Waals surface area contributed by atoms with E-state index in [2.05, 4.69) is 17.3 Å². The molecule has 1 aliphatic heterocycles. The zero-order valence-corrected chi connectivity index (χ0v) is 8.08. The number of aliphatic hydroxyl groups is 1. The molecule has 0 saturated carbocycles. The summed E-state index contributed by atoms with van der Waals surface area (Å²) in [5, 5.41) is 12.1. The highest BCUT2D eigenvalue weighted by Gasteiger charge is 2.20. The molecule has 12 heavy (non-hydrogen) atoms. The third-order valence-electron chi connectivity index (χ3n) is 2.65. The molecule has 0 amide bonds. The van der Waals surface area contributed by atoms with Crippen molar-refractivity contribution in [2.45, 2.75) is 31.8 Å². The zero-order valence-electron chi connectivity index (χ0n) is 8.08. The summed E-state index contributed by atoms with van der Waals surface area (Å²) in [6, 6.07) is 0.915.